The summed E-state index contributed by atoms with van der Waals surface area (Å²) in [6.07, 6.45) is 0.375. The van der Waals surface area contributed by atoms with Crippen LogP contribution in [-0.2, 0) is 16.1 Å². The number of amides is 1. The van der Waals surface area contributed by atoms with E-state index in [1.165, 1.54) is 29.4 Å². The third-order valence-corrected chi connectivity index (χ3v) is 4.66. The van der Waals surface area contributed by atoms with Crippen molar-refractivity contribution in [3.8, 4) is 0 Å². The number of methoxy groups -OCH3 is 1. The third-order valence-electron chi connectivity index (χ3n) is 3.48. The Bertz CT molecular complexity index is 728. The molecule has 0 spiro atoms. The first-order chi connectivity index (χ1) is 11.0. The van der Waals surface area contributed by atoms with Gasteiger partial charge in [0.2, 0.25) is 0 Å². The van der Waals surface area contributed by atoms with Crippen LogP contribution in [0.15, 0.2) is 18.2 Å². The van der Waals surface area contributed by atoms with Crippen LogP contribution in [-0.4, -0.2) is 42.6 Å². The van der Waals surface area contributed by atoms with E-state index in [4.69, 9.17) is 9.84 Å². The van der Waals surface area contributed by atoms with E-state index in [2.05, 4.69) is 0 Å². The minimum Gasteiger partial charge on any atom is -0.481 e. The van der Waals surface area contributed by atoms with Gasteiger partial charge in [0.1, 0.15) is 5.82 Å². The quantitative estimate of drug-likeness (QED) is 0.842. The molecule has 1 aromatic heterocycles. The van der Waals surface area contributed by atoms with Crippen molar-refractivity contribution in [3.05, 3.63) is 34.5 Å². The molecule has 1 amide bonds. The monoisotopic (exact) mass is 339 g/mol. The molecule has 0 saturated heterocycles. The first-order valence-corrected chi connectivity index (χ1v) is 7.93. The topological polar surface area (TPSA) is 66.8 Å². The zero-order valence-corrected chi connectivity index (χ0v) is 13.8. The molecule has 2 rings (SSSR count). The number of nitrogens with zero attached hydrogens (tertiary/aromatic N) is 1. The average molecular weight is 339 g/mol. The van der Waals surface area contributed by atoms with E-state index in [-0.39, 0.29) is 24.8 Å². The molecular weight excluding hydrogens is 321 g/mol. The van der Waals surface area contributed by atoms with Crippen molar-refractivity contribution < 1.29 is 23.8 Å². The molecule has 0 unspecified atom stereocenters. The first kappa shape index (κ1) is 17.4. The lowest BCUT2D eigenvalue weighted by Crippen LogP contribution is -2.28. The van der Waals surface area contributed by atoms with Crippen molar-refractivity contribution >= 4 is 33.3 Å². The van der Waals surface area contributed by atoms with Crippen LogP contribution in [0.25, 0.3) is 10.1 Å². The van der Waals surface area contributed by atoms with Crippen molar-refractivity contribution in [2.45, 2.75) is 19.4 Å². The van der Waals surface area contributed by atoms with Crippen molar-refractivity contribution in [2.24, 2.45) is 0 Å². The SMILES string of the molecule is COCc1c(C(=O)N(C)CCCC(=O)O)sc2cccc(F)c12. The zero-order valence-electron chi connectivity index (χ0n) is 13.0. The van der Waals surface area contributed by atoms with Gasteiger partial charge < -0.3 is 14.7 Å². The van der Waals surface area contributed by atoms with Gasteiger partial charge in [0.15, 0.2) is 0 Å². The van der Waals surface area contributed by atoms with E-state index >= 15 is 0 Å². The number of thiophene rings is 1. The normalized spacial score (nSPS) is 10.9. The van der Waals surface area contributed by atoms with Gasteiger partial charge in [-0.1, -0.05) is 6.07 Å². The van der Waals surface area contributed by atoms with Crippen molar-refractivity contribution in [1.82, 2.24) is 4.90 Å². The Morgan fingerprint density at radius 1 is 1.39 bits per heavy atom. The number of benzene rings is 1. The van der Waals surface area contributed by atoms with Crippen LogP contribution in [0.1, 0.15) is 28.1 Å². The molecule has 1 aromatic carbocycles. The Hall–Kier alpha value is -1.99. The predicted octanol–water partition coefficient (Wildman–Crippen LogP) is 3.12. The molecule has 0 saturated carbocycles. The highest BCUT2D eigenvalue weighted by Gasteiger charge is 2.23. The van der Waals surface area contributed by atoms with Crippen LogP contribution in [0.2, 0.25) is 0 Å². The van der Waals surface area contributed by atoms with Crippen LogP contribution in [0.5, 0.6) is 0 Å². The summed E-state index contributed by atoms with van der Waals surface area (Å²) in [7, 11) is 3.11. The van der Waals surface area contributed by atoms with Crippen LogP contribution >= 0.6 is 11.3 Å². The molecule has 0 aliphatic heterocycles. The highest BCUT2D eigenvalue weighted by molar-refractivity contribution is 7.21. The number of carbonyl (C=O) groups is 2. The van der Waals surface area contributed by atoms with E-state index in [1.54, 1.807) is 19.2 Å². The largest absolute Gasteiger partial charge is 0.481 e. The summed E-state index contributed by atoms with van der Waals surface area (Å²) in [5, 5.41) is 9.08. The number of halogens is 1. The number of aliphatic carboxylic acids is 1. The predicted molar refractivity (Wildman–Crippen MR) is 86.3 cm³/mol. The summed E-state index contributed by atoms with van der Waals surface area (Å²) >= 11 is 1.23. The standard InChI is InChI=1S/C16H18FNO4S/c1-18(8-4-7-13(19)20)16(21)15-10(9-22-2)14-11(17)5-3-6-12(14)23-15/h3,5-6H,4,7-9H2,1-2H3,(H,19,20). The van der Waals surface area contributed by atoms with Gasteiger partial charge in [0.25, 0.3) is 5.91 Å². The molecule has 1 heterocycles. The minimum atomic E-state index is -0.894. The Balaban J connectivity index is 2.30. The molecule has 5 nitrogen and oxygen atoms in total. The molecule has 0 fully saturated rings. The third kappa shape index (κ3) is 3.86. The number of fused-ring (bicyclic) bond motifs is 1. The number of ether oxygens (including phenoxy) is 1. The number of carboxylic acid groups (broad SMARTS) is 1. The lowest BCUT2D eigenvalue weighted by Gasteiger charge is -2.16. The smallest absolute Gasteiger partial charge is 0.303 e. The number of carboxylic acids is 1. The second kappa shape index (κ2) is 7.52. The van der Waals surface area contributed by atoms with Crippen LogP contribution in [0.4, 0.5) is 4.39 Å². The van der Waals surface area contributed by atoms with Crippen molar-refractivity contribution in [2.75, 3.05) is 20.7 Å². The van der Waals surface area contributed by atoms with Gasteiger partial charge in [-0.25, -0.2) is 4.39 Å². The molecule has 0 atom stereocenters. The van der Waals surface area contributed by atoms with Crippen LogP contribution < -0.4 is 0 Å². The molecule has 0 aliphatic rings. The van der Waals surface area contributed by atoms with Crippen molar-refractivity contribution in [3.63, 3.8) is 0 Å². The highest BCUT2D eigenvalue weighted by Crippen LogP contribution is 2.34. The Morgan fingerprint density at radius 3 is 2.78 bits per heavy atom. The molecule has 7 heteroatoms. The molecule has 0 aliphatic carbocycles. The van der Waals surface area contributed by atoms with E-state index in [1.807, 2.05) is 0 Å². The van der Waals surface area contributed by atoms with E-state index in [0.717, 1.165) is 0 Å². The van der Waals surface area contributed by atoms with Crippen molar-refractivity contribution in [1.29, 1.82) is 0 Å². The van der Waals surface area contributed by atoms with E-state index < -0.39 is 5.97 Å². The van der Waals surface area contributed by atoms with Gasteiger partial charge in [-0.15, -0.1) is 11.3 Å². The number of rotatable bonds is 7. The summed E-state index contributed by atoms with van der Waals surface area (Å²) in [6, 6.07) is 4.73. The number of carbonyl (C=O) groups excluding carboxylic acids is 1. The Morgan fingerprint density at radius 2 is 2.13 bits per heavy atom. The first-order valence-electron chi connectivity index (χ1n) is 7.11. The van der Waals surface area contributed by atoms with Crippen LogP contribution in [0, 0.1) is 5.82 Å². The summed E-state index contributed by atoms with van der Waals surface area (Å²) in [4.78, 5) is 25.1. The van der Waals surface area contributed by atoms with Gasteiger partial charge >= 0.3 is 5.97 Å². The lowest BCUT2D eigenvalue weighted by molar-refractivity contribution is -0.137. The molecule has 23 heavy (non-hydrogen) atoms. The Kier molecular flexibility index (Phi) is 5.68. The van der Waals surface area contributed by atoms with Gasteiger partial charge in [0, 0.05) is 42.8 Å². The summed E-state index contributed by atoms with van der Waals surface area (Å²) in [5.41, 5.74) is 0.542. The van der Waals surface area contributed by atoms with Gasteiger partial charge in [0.05, 0.1) is 11.5 Å². The number of hydrogen-bond acceptors (Lipinski definition) is 4. The lowest BCUT2D eigenvalue weighted by atomic mass is 10.1. The fourth-order valence-electron chi connectivity index (χ4n) is 2.36. The molecule has 124 valence electrons. The molecule has 0 bridgehead atoms. The fourth-order valence-corrected chi connectivity index (χ4v) is 3.58. The highest BCUT2D eigenvalue weighted by atomic mass is 32.1. The van der Waals surface area contributed by atoms with Crippen LogP contribution in [0.3, 0.4) is 0 Å². The van der Waals surface area contributed by atoms with Gasteiger partial charge in [-0.2, -0.15) is 0 Å². The van der Waals surface area contributed by atoms with E-state index in [9.17, 15) is 14.0 Å². The maximum atomic E-state index is 14.1. The zero-order chi connectivity index (χ0) is 17.0. The molecular formula is C16H18FNO4S. The fraction of sp³-hybridized carbons (Fsp3) is 0.375. The Labute approximate surface area is 137 Å². The summed E-state index contributed by atoms with van der Waals surface area (Å²) in [5.74, 6) is -1.52. The second-order valence-electron chi connectivity index (χ2n) is 5.18. The van der Waals surface area contributed by atoms with Gasteiger partial charge in [-0.3, -0.25) is 9.59 Å². The molecule has 1 N–H and O–H groups in total. The van der Waals surface area contributed by atoms with E-state index in [0.29, 0.717) is 33.5 Å². The maximum absolute atomic E-state index is 14.1. The van der Waals surface area contributed by atoms with Gasteiger partial charge in [-0.05, 0) is 18.6 Å². The summed E-state index contributed by atoms with van der Waals surface area (Å²) in [6.45, 7) is 0.471. The summed E-state index contributed by atoms with van der Waals surface area (Å²) < 4.78 is 19.9. The minimum absolute atomic E-state index is 0.00356. The number of hydrogen-bond donors (Lipinski definition) is 1. The average Bonchev–Trinajstić information content (AvgIpc) is 2.86. The second-order valence-corrected chi connectivity index (χ2v) is 6.23. The maximum Gasteiger partial charge on any atom is 0.303 e. The molecule has 2 aromatic rings. The molecule has 0 radical (unpaired) electrons.